The van der Waals surface area contributed by atoms with E-state index in [4.69, 9.17) is 0 Å². The molecule has 0 saturated carbocycles. The molecule has 6 nitrogen and oxygen atoms in total. The van der Waals surface area contributed by atoms with Gasteiger partial charge in [0.1, 0.15) is 10.7 Å². The second-order valence-corrected chi connectivity index (χ2v) is 6.76. The van der Waals surface area contributed by atoms with E-state index in [-0.39, 0.29) is 11.9 Å². The van der Waals surface area contributed by atoms with E-state index < -0.39 is 0 Å². The van der Waals surface area contributed by atoms with Gasteiger partial charge in [0.2, 0.25) is 5.13 Å². The Hall–Kier alpha value is -1.54. The van der Waals surface area contributed by atoms with Crippen LogP contribution >= 0.6 is 22.7 Å². The Bertz CT molecular complexity index is 590. The van der Waals surface area contributed by atoms with Crippen molar-refractivity contribution >= 4 is 38.8 Å². The van der Waals surface area contributed by atoms with Crippen molar-refractivity contribution in [1.82, 2.24) is 15.2 Å². The molecule has 108 valence electrons. The quantitative estimate of drug-likeness (QED) is 0.886. The maximum atomic E-state index is 12.0. The van der Waals surface area contributed by atoms with Crippen molar-refractivity contribution in [1.29, 1.82) is 0 Å². The Balaban J connectivity index is 2.02. The number of hydrogen-bond acceptors (Lipinski definition) is 7. The molecule has 2 rings (SSSR count). The van der Waals surface area contributed by atoms with Gasteiger partial charge in [-0.15, -0.1) is 21.5 Å². The summed E-state index contributed by atoms with van der Waals surface area (Å²) in [6, 6.07) is 0.286. The summed E-state index contributed by atoms with van der Waals surface area (Å²) in [6.07, 6.45) is 0. The van der Waals surface area contributed by atoms with Gasteiger partial charge in [-0.1, -0.05) is 25.2 Å². The third-order valence-electron chi connectivity index (χ3n) is 2.30. The maximum Gasteiger partial charge on any atom is 0.277 e. The van der Waals surface area contributed by atoms with E-state index in [0.29, 0.717) is 16.7 Å². The molecule has 0 spiro atoms. The summed E-state index contributed by atoms with van der Waals surface area (Å²) in [5.74, 6) is 0.0452. The third kappa shape index (κ3) is 3.73. The van der Waals surface area contributed by atoms with E-state index in [1.807, 2.05) is 27.7 Å². The molecule has 20 heavy (non-hydrogen) atoms. The van der Waals surface area contributed by atoms with Crippen LogP contribution in [0.4, 0.5) is 10.3 Å². The highest BCUT2D eigenvalue weighted by molar-refractivity contribution is 7.15. The second-order valence-electron chi connectivity index (χ2n) is 4.89. The van der Waals surface area contributed by atoms with Gasteiger partial charge in [-0.25, -0.2) is 4.98 Å². The summed E-state index contributed by atoms with van der Waals surface area (Å²) in [6.45, 7) is 8.12. The first kappa shape index (κ1) is 14.9. The van der Waals surface area contributed by atoms with Gasteiger partial charge in [-0.2, -0.15) is 0 Å². The molecule has 8 heteroatoms. The van der Waals surface area contributed by atoms with E-state index in [2.05, 4.69) is 25.8 Å². The molecular weight excluding hydrogens is 294 g/mol. The summed E-state index contributed by atoms with van der Waals surface area (Å²) < 4.78 is 0. The lowest BCUT2D eigenvalue weighted by atomic mass is 10.2. The average Bonchev–Trinajstić information content (AvgIpc) is 2.97. The summed E-state index contributed by atoms with van der Waals surface area (Å²) in [5.41, 5.74) is 0.388. The van der Waals surface area contributed by atoms with Crippen LogP contribution in [0, 0.1) is 0 Å². The van der Waals surface area contributed by atoms with Crippen LogP contribution in [0.25, 0.3) is 0 Å². The predicted molar refractivity (Wildman–Crippen MR) is 82.8 cm³/mol. The molecule has 0 atom stereocenters. The lowest BCUT2D eigenvalue weighted by molar-refractivity contribution is 0.102. The minimum atomic E-state index is -0.260. The largest absolute Gasteiger partial charge is 0.359 e. The number of aromatic nitrogens is 3. The van der Waals surface area contributed by atoms with Crippen LogP contribution in [-0.4, -0.2) is 27.1 Å². The minimum Gasteiger partial charge on any atom is -0.359 e. The first-order valence-electron chi connectivity index (χ1n) is 6.32. The van der Waals surface area contributed by atoms with E-state index in [0.717, 1.165) is 10.1 Å². The molecule has 0 radical (unpaired) electrons. The van der Waals surface area contributed by atoms with Gasteiger partial charge in [0, 0.05) is 17.3 Å². The fourth-order valence-corrected chi connectivity index (χ4v) is 2.95. The standard InChI is InChI=1S/C12H17N5OS2/c1-6(2)10-16-17-12(20-10)15-9(18)8-5-19-11(14-8)13-7(3)4/h5-7H,1-4H3,(H,13,14)(H,15,17,18). The number of thiazole rings is 1. The number of carbonyl (C=O) groups is 1. The fraction of sp³-hybridized carbons (Fsp3) is 0.500. The molecule has 2 aromatic heterocycles. The number of nitrogens with zero attached hydrogens (tertiary/aromatic N) is 3. The molecule has 2 heterocycles. The number of carbonyl (C=O) groups excluding carboxylic acids is 1. The van der Waals surface area contributed by atoms with Gasteiger partial charge < -0.3 is 5.32 Å². The molecular formula is C12H17N5OS2. The summed E-state index contributed by atoms with van der Waals surface area (Å²) in [4.78, 5) is 16.3. The second kappa shape index (κ2) is 6.27. The molecule has 0 aliphatic rings. The highest BCUT2D eigenvalue weighted by Crippen LogP contribution is 2.23. The molecule has 0 unspecified atom stereocenters. The molecule has 0 aliphatic carbocycles. The molecule has 2 aromatic rings. The molecule has 0 aliphatic heterocycles. The van der Waals surface area contributed by atoms with Crippen LogP contribution in [0.2, 0.25) is 0 Å². The van der Waals surface area contributed by atoms with Crippen molar-refractivity contribution in [3.63, 3.8) is 0 Å². The molecule has 0 aromatic carbocycles. The molecule has 0 fully saturated rings. The van der Waals surface area contributed by atoms with Crippen LogP contribution in [0.15, 0.2) is 5.38 Å². The minimum absolute atomic E-state index is 0.260. The number of hydrogen-bond donors (Lipinski definition) is 2. The topological polar surface area (TPSA) is 79.8 Å². The Labute approximate surface area is 125 Å². The van der Waals surface area contributed by atoms with Crippen LogP contribution < -0.4 is 10.6 Å². The number of amides is 1. The van der Waals surface area contributed by atoms with Gasteiger partial charge in [0.15, 0.2) is 5.13 Å². The van der Waals surface area contributed by atoms with Crippen molar-refractivity contribution in [2.45, 2.75) is 39.7 Å². The highest BCUT2D eigenvalue weighted by atomic mass is 32.1. The number of nitrogens with one attached hydrogen (secondary N) is 2. The van der Waals surface area contributed by atoms with Crippen molar-refractivity contribution in [2.75, 3.05) is 10.6 Å². The molecule has 0 bridgehead atoms. The van der Waals surface area contributed by atoms with Crippen molar-refractivity contribution in [3.05, 3.63) is 16.1 Å². The van der Waals surface area contributed by atoms with E-state index in [9.17, 15) is 4.79 Å². The fourth-order valence-electron chi connectivity index (χ4n) is 1.37. The zero-order valence-corrected chi connectivity index (χ0v) is 13.4. The Morgan fingerprint density at radius 3 is 2.55 bits per heavy atom. The zero-order valence-electron chi connectivity index (χ0n) is 11.8. The van der Waals surface area contributed by atoms with Crippen molar-refractivity contribution in [2.24, 2.45) is 0 Å². The SMILES string of the molecule is CC(C)Nc1nc(C(=O)Nc2nnc(C(C)C)s2)cs1. The highest BCUT2D eigenvalue weighted by Gasteiger charge is 2.14. The van der Waals surface area contributed by atoms with Gasteiger partial charge in [0.05, 0.1) is 0 Å². The number of rotatable bonds is 5. The smallest absolute Gasteiger partial charge is 0.277 e. The van der Waals surface area contributed by atoms with Crippen molar-refractivity contribution < 1.29 is 4.79 Å². The van der Waals surface area contributed by atoms with Crippen LogP contribution in [-0.2, 0) is 0 Å². The van der Waals surface area contributed by atoms with Gasteiger partial charge in [0.25, 0.3) is 5.91 Å². The normalized spacial score (nSPS) is 11.1. The summed E-state index contributed by atoms with van der Waals surface area (Å²) in [5, 5.41) is 17.7. The molecule has 2 N–H and O–H groups in total. The van der Waals surface area contributed by atoms with Gasteiger partial charge in [-0.05, 0) is 13.8 Å². The lowest BCUT2D eigenvalue weighted by Crippen LogP contribution is -2.13. The summed E-state index contributed by atoms with van der Waals surface area (Å²) >= 11 is 2.80. The van der Waals surface area contributed by atoms with Crippen LogP contribution in [0.1, 0.15) is 49.1 Å². The lowest BCUT2D eigenvalue weighted by Gasteiger charge is -2.04. The van der Waals surface area contributed by atoms with Crippen LogP contribution in [0.5, 0.6) is 0 Å². The van der Waals surface area contributed by atoms with Gasteiger partial charge in [-0.3, -0.25) is 10.1 Å². The van der Waals surface area contributed by atoms with Crippen molar-refractivity contribution in [3.8, 4) is 0 Å². The van der Waals surface area contributed by atoms with Gasteiger partial charge >= 0.3 is 0 Å². The van der Waals surface area contributed by atoms with E-state index in [1.165, 1.54) is 22.7 Å². The maximum absolute atomic E-state index is 12.0. The molecule has 1 amide bonds. The Morgan fingerprint density at radius 1 is 1.20 bits per heavy atom. The van der Waals surface area contributed by atoms with E-state index in [1.54, 1.807) is 5.38 Å². The Morgan fingerprint density at radius 2 is 1.95 bits per heavy atom. The third-order valence-corrected chi connectivity index (χ3v) is 4.22. The zero-order chi connectivity index (χ0) is 14.7. The number of anilines is 2. The Kier molecular flexibility index (Phi) is 4.66. The monoisotopic (exact) mass is 311 g/mol. The predicted octanol–water partition coefficient (Wildman–Crippen LogP) is 3.19. The first-order valence-corrected chi connectivity index (χ1v) is 8.02. The van der Waals surface area contributed by atoms with E-state index >= 15 is 0 Å². The summed E-state index contributed by atoms with van der Waals surface area (Å²) in [7, 11) is 0. The average molecular weight is 311 g/mol. The van der Waals surface area contributed by atoms with Crippen LogP contribution in [0.3, 0.4) is 0 Å². The first-order chi connectivity index (χ1) is 9.45. The molecule has 0 saturated heterocycles.